The highest BCUT2D eigenvalue weighted by atomic mass is 35.5. The first-order valence-electron chi connectivity index (χ1n) is 9.15. The summed E-state index contributed by atoms with van der Waals surface area (Å²) in [5.41, 5.74) is 2.63. The van der Waals surface area contributed by atoms with Gasteiger partial charge in [0.1, 0.15) is 5.75 Å². The van der Waals surface area contributed by atoms with Crippen LogP contribution in [0.5, 0.6) is 5.75 Å². The molecule has 0 saturated carbocycles. The first-order chi connectivity index (χ1) is 13.5. The molecule has 0 spiro atoms. The summed E-state index contributed by atoms with van der Waals surface area (Å²) in [5, 5.41) is 5.71. The van der Waals surface area contributed by atoms with Crippen LogP contribution in [0.25, 0.3) is 16.7 Å². The normalized spacial score (nSPS) is 15.2. The molecule has 0 N–H and O–H groups in total. The standard InChI is InChI=1S/C20H22ClN5O2/c1-13-17-18(21)16(20(27)25-10-8-24(2)9-11-25)12-22-19(17)26(23-13)14-4-6-15(28-3)7-5-14/h4-7,12H,8-11H2,1-3H3. The fourth-order valence-corrected chi connectivity index (χ4v) is 3.79. The fourth-order valence-electron chi connectivity index (χ4n) is 3.44. The first kappa shape index (κ1) is 18.7. The summed E-state index contributed by atoms with van der Waals surface area (Å²) >= 11 is 6.67. The summed E-state index contributed by atoms with van der Waals surface area (Å²) < 4.78 is 6.95. The lowest BCUT2D eigenvalue weighted by Crippen LogP contribution is -2.47. The summed E-state index contributed by atoms with van der Waals surface area (Å²) in [6.45, 7) is 4.96. The average Bonchev–Trinajstić information content (AvgIpc) is 3.06. The van der Waals surface area contributed by atoms with Crippen molar-refractivity contribution in [2.24, 2.45) is 0 Å². The van der Waals surface area contributed by atoms with E-state index in [0.29, 0.717) is 34.7 Å². The van der Waals surface area contributed by atoms with Gasteiger partial charge in [-0.05, 0) is 38.2 Å². The van der Waals surface area contributed by atoms with E-state index in [9.17, 15) is 4.79 Å². The second-order valence-electron chi connectivity index (χ2n) is 6.98. The predicted molar refractivity (Wildman–Crippen MR) is 109 cm³/mol. The molecule has 0 bridgehead atoms. The molecular weight excluding hydrogens is 378 g/mol. The Hall–Kier alpha value is -2.64. The zero-order chi connectivity index (χ0) is 19.8. The number of likely N-dealkylation sites (N-methyl/N-ethyl adjacent to an activating group) is 1. The molecule has 0 unspecified atom stereocenters. The number of amides is 1. The highest BCUT2D eigenvalue weighted by Gasteiger charge is 2.25. The smallest absolute Gasteiger partial charge is 0.257 e. The number of halogens is 1. The van der Waals surface area contributed by atoms with Crippen molar-refractivity contribution in [2.75, 3.05) is 40.3 Å². The molecule has 1 aliphatic rings. The Morgan fingerprint density at radius 2 is 1.82 bits per heavy atom. The van der Waals surface area contributed by atoms with Crippen LogP contribution < -0.4 is 4.74 Å². The zero-order valence-electron chi connectivity index (χ0n) is 16.1. The van der Waals surface area contributed by atoms with Gasteiger partial charge in [0.25, 0.3) is 5.91 Å². The molecule has 8 heteroatoms. The quantitative estimate of drug-likeness (QED) is 0.677. The molecule has 146 valence electrons. The number of nitrogens with zero attached hydrogens (tertiary/aromatic N) is 5. The number of carbonyl (C=O) groups is 1. The molecule has 4 rings (SSSR count). The number of rotatable bonds is 3. The number of benzene rings is 1. The lowest BCUT2D eigenvalue weighted by Gasteiger charge is -2.32. The van der Waals surface area contributed by atoms with E-state index in [-0.39, 0.29) is 5.91 Å². The van der Waals surface area contributed by atoms with Gasteiger partial charge in [-0.1, -0.05) is 11.6 Å². The second kappa shape index (κ2) is 7.41. The average molecular weight is 400 g/mol. The fraction of sp³-hybridized carbons (Fsp3) is 0.350. The maximum atomic E-state index is 13.0. The third kappa shape index (κ3) is 3.21. The minimum atomic E-state index is -0.0795. The van der Waals surface area contributed by atoms with Gasteiger partial charge in [-0.2, -0.15) is 5.10 Å². The van der Waals surface area contributed by atoms with Gasteiger partial charge >= 0.3 is 0 Å². The number of fused-ring (bicyclic) bond motifs is 1. The van der Waals surface area contributed by atoms with E-state index in [1.165, 1.54) is 0 Å². The van der Waals surface area contributed by atoms with Crippen LogP contribution in [0.4, 0.5) is 0 Å². The highest BCUT2D eigenvalue weighted by Crippen LogP contribution is 2.31. The molecule has 1 amide bonds. The van der Waals surface area contributed by atoms with Crippen LogP contribution in [-0.2, 0) is 0 Å². The number of piperazine rings is 1. The Balaban J connectivity index is 1.73. The van der Waals surface area contributed by atoms with Crippen LogP contribution in [0.1, 0.15) is 16.1 Å². The largest absolute Gasteiger partial charge is 0.497 e. The third-order valence-corrected chi connectivity index (χ3v) is 5.54. The van der Waals surface area contributed by atoms with Crippen LogP contribution in [0.15, 0.2) is 30.5 Å². The number of aromatic nitrogens is 3. The van der Waals surface area contributed by atoms with Gasteiger partial charge in [0.15, 0.2) is 5.65 Å². The lowest BCUT2D eigenvalue weighted by atomic mass is 10.1. The Morgan fingerprint density at radius 1 is 1.14 bits per heavy atom. The molecule has 1 aromatic carbocycles. The minimum absolute atomic E-state index is 0.0795. The molecule has 0 atom stereocenters. The number of methoxy groups -OCH3 is 1. The number of pyridine rings is 1. The van der Waals surface area contributed by atoms with Crippen molar-refractivity contribution in [1.82, 2.24) is 24.6 Å². The third-order valence-electron chi connectivity index (χ3n) is 5.15. The minimum Gasteiger partial charge on any atom is -0.497 e. The maximum absolute atomic E-state index is 13.0. The molecule has 3 heterocycles. The summed E-state index contributed by atoms with van der Waals surface area (Å²) in [7, 11) is 3.68. The molecular formula is C20H22ClN5O2. The number of aryl methyl sites for hydroxylation is 1. The van der Waals surface area contributed by atoms with Crippen molar-refractivity contribution in [3.05, 3.63) is 46.7 Å². The monoisotopic (exact) mass is 399 g/mol. The molecule has 1 saturated heterocycles. The molecule has 7 nitrogen and oxygen atoms in total. The van der Waals surface area contributed by atoms with Crippen molar-refractivity contribution >= 4 is 28.5 Å². The Kier molecular flexibility index (Phi) is 4.95. The highest BCUT2D eigenvalue weighted by molar-refractivity contribution is 6.38. The number of carbonyl (C=O) groups excluding carboxylic acids is 1. The van der Waals surface area contributed by atoms with E-state index in [0.717, 1.165) is 30.2 Å². The molecule has 28 heavy (non-hydrogen) atoms. The summed E-state index contributed by atoms with van der Waals surface area (Å²) in [6, 6.07) is 7.54. The molecule has 2 aromatic heterocycles. The number of ether oxygens (including phenoxy) is 1. The van der Waals surface area contributed by atoms with Crippen molar-refractivity contribution in [2.45, 2.75) is 6.92 Å². The Labute approximate surface area is 168 Å². The van der Waals surface area contributed by atoms with E-state index in [1.54, 1.807) is 18.0 Å². The van der Waals surface area contributed by atoms with Gasteiger partial charge in [-0.15, -0.1) is 0 Å². The van der Waals surface area contributed by atoms with Gasteiger partial charge < -0.3 is 14.5 Å². The molecule has 0 radical (unpaired) electrons. The summed E-state index contributed by atoms with van der Waals surface area (Å²) in [4.78, 5) is 21.5. The first-order valence-corrected chi connectivity index (χ1v) is 9.53. The summed E-state index contributed by atoms with van der Waals surface area (Å²) in [6.07, 6.45) is 1.56. The van der Waals surface area contributed by atoms with E-state index >= 15 is 0 Å². The van der Waals surface area contributed by atoms with Crippen LogP contribution in [0, 0.1) is 6.92 Å². The van der Waals surface area contributed by atoms with Crippen LogP contribution in [-0.4, -0.2) is 70.8 Å². The van der Waals surface area contributed by atoms with Gasteiger partial charge in [0.2, 0.25) is 0 Å². The number of hydrogen-bond donors (Lipinski definition) is 0. The Morgan fingerprint density at radius 3 is 2.46 bits per heavy atom. The van der Waals surface area contributed by atoms with Crippen LogP contribution in [0.3, 0.4) is 0 Å². The SMILES string of the molecule is COc1ccc(-n2nc(C)c3c(Cl)c(C(=O)N4CCN(C)CC4)cnc32)cc1. The Bertz CT molecular complexity index is 1020. The van der Waals surface area contributed by atoms with E-state index in [4.69, 9.17) is 16.3 Å². The van der Waals surface area contributed by atoms with Gasteiger partial charge in [-0.3, -0.25) is 4.79 Å². The topological polar surface area (TPSA) is 63.5 Å². The van der Waals surface area contributed by atoms with E-state index in [2.05, 4.69) is 22.0 Å². The maximum Gasteiger partial charge on any atom is 0.257 e. The molecule has 1 aliphatic heterocycles. The van der Waals surface area contributed by atoms with Gasteiger partial charge in [0, 0.05) is 32.4 Å². The van der Waals surface area contributed by atoms with Crippen molar-refractivity contribution in [3.8, 4) is 11.4 Å². The molecule has 0 aliphatic carbocycles. The van der Waals surface area contributed by atoms with Crippen LogP contribution >= 0.6 is 11.6 Å². The molecule has 3 aromatic rings. The predicted octanol–water partition coefficient (Wildman–Crippen LogP) is 2.78. The van der Waals surface area contributed by atoms with Crippen LogP contribution in [0.2, 0.25) is 5.02 Å². The summed E-state index contributed by atoms with van der Waals surface area (Å²) in [5.74, 6) is 0.687. The molecule has 1 fully saturated rings. The van der Waals surface area contributed by atoms with Crippen molar-refractivity contribution in [1.29, 1.82) is 0 Å². The van der Waals surface area contributed by atoms with Gasteiger partial charge in [0.05, 0.1) is 34.5 Å². The zero-order valence-corrected chi connectivity index (χ0v) is 16.9. The van der Waals surface area contributed by atoms with E-state index in [1.807, 2.05) is 36.1 Å². The second-order valence-corrected chi connectivity index (χ2v) is 7.35. The lowest BCUT2D eigenvalue weighted by molar-refractivity contribution is 0.0664. The van der Waals surface area contributed by atoms with Gasteiger partial charge in [-0.25, -0.2) is 9.67 Å². The van der Waals surface area contributed by atoms with Crippen molar-refractivity contribution < 1.29 is 9.53 Å². The van der Waals surface area contributed by atoms with E-state index < -0.39 is 0 Å². The van der Waals surface area contributed by atoms with Crippen molar-refractivity contribution in [3.63, 3.8) is 0 Å². The number of hydrogen-bond acceptors (Lipinski definition) is 5.